The average molecular weight is 360 g/mol. The highest BCUT2D eigenvalue weighted by atomic mass is 35.5. The molecule has 0 aliphatic heterocycles. The molecule has 0 atom stereocenters. The van der Waals surface area contributed by atoms with Crippen molar-refractivity contribution in [3.05, 3.63) is 57.9 Å². The number of benzene rings is 1. The fraction of sp³-hybridized carbons (Fsp3) is 0.250. The number of aromatic hydroxyl groups is 1. The number of aryl methyl sites for hydroxylation is 1. The van der Waals surface area contributed by atoms with Gasteiger partial charge in [0.1, 0.15) is 5.75 Å². The van der Waals surface area contributed by atoms with Gasteiger partial charge in [0, 0.05) is 17.8 Å². The van der Waals surface area contributed by atoms with Crippen LogP contribution in [0.5, 0.6) is 5.75 Å². The van der Waals surface area contributed by atoms with Crippen LogP contribution in [0, 0.1) is 0 Å². The molecule has 2 aromatic rings. The molecule has 0 unspecified atom stereocenters. The number of aliphatic hydroxyl groups excluding tert-OH is 1. The first-order chi connectivity index (χ1) is 11.2. The van der Waals surface area contributed by atoms with E-state index in [2.05, 4.69) is 4.98 Å². The van der Waals surface area contributed by atoms with Crippen molar-refractivity contribution in [2.75, 3.05) is 6.61 Å². The van der Waals surface area contributed by atoms with Crippen LogP contribution in [0.3, 0.4) is 0 Å². The van der Waals surface area contributed by atoms with Crippen molar-refractivity contribution in [1.29, 1.82) is 0 Å². The predicted octanol–water partition coefficient (Wildman–Crippen LogP) is 3.62. The maximum atomic E-state index is 13.1. The van der Waals surface area contributed by atoms with Crippen LogP contribution < -0.4 is 0 Å². The van der Waals surface area contributed by atoms with Crippen LogP contribution in [-0.4, -0.2) is 27.6 Å². The first-order valence-corrected chi connectivity index (χ1v) is 7.32. The number of rotatable bonds is 5. The Morgan fingerprint density at radius 3 is 2.54 bits per heavy atom. The fourth-order valence-corrected chi connectivity index (χ4v) is 2.33. The van der Waals surface area contributed by atoms with Crippen LogP contribution in [0.2, 0.25) is 5.02 Å². The van der Waals surface area contributed by atoms with E-state index >= 15 is 0 Å². The fourth-order valence-electron chi connectivity index (χ4n) is 2.16. The summed E-state index contributed by atoms with van der Waals surface area (Å²) in [4.78, 5) is 15.9. The van der Waals surface area contributed by atoms with Crippen molar-refractivity contribution in [2.24, 2.45) is 0 Å². The lowest BCUT2D eigenvalue weighted by atomic mass is 9.98. The van der Waals surface area contributed by atoms with Crippen molar-refractivity contribution in [1.82, 2.24) is 4.98 Å². The zero-order valence-corrected chi connectivity index (χ0v) is 13.0. The van der Waals surface area contributed by atoms with E-state index in [1.54, 1.807) is 0 Å². The molecular weight excluding hydrogens is 347 g/mol. The Balaban J connectivity index is 2.56. The molecule has 0 amide bonds. The van der Waals surface area contributed by atoms with E-state index in [1.807, 2.05) is 0 Å². The number of aromatic nitrogens is 1. The van der Waals surface area contributed by atoms with E-state index in [4.69, 9.17) is 16.7 Å². The molecule has 4 nitrogen and oxygen atoms in total. The Labute approximate surface area is 140 Å². The number of phenols is 1. The smallest absolute Gasteiger partial charge is 0.434 e. The summed E-state index contributed by atoms with van der Waals surface area (Å²) >= 11 is 5.75. The molecule has 0 radical (unpaired) electrons. The van der Waals surface area contributed by atoms with Crippen LogP contribution in [0.4, 0.5) is 13.2 Å². The van der Waals surface area contributed by atoms with Crippen molar-refractivity contribution in [2.45, 2.75) is 19.0 Å². The molecule has 128 valence electrons. The number of hydrogen-bond donors (Lipinski definition) is 2. The molecule has 0 saturated heterocycles. The first-order valence-electron chi connectivity index (χ1n) is 6.94. The normalized spacial score (nSPS) is 11.5. The summed E-state index contributed by atoms with van der Waals surface area (Å²) < 4.78 is 39.4. The summed E-state index contributed by atoms with van der Waals surface area (Å²) in [7, 11) is 0. The highest BCUT2D eigenvalue weighted by Crippen LogP contribution is 2.33. The highest BCUT2D eigenvalue weighted by Gasteiger charge is 2.37. The predicted molar refractivity (Wildman–Crippen MR) is 81.2 cm³/mol. The summed E-state index contributed by atoms with van der Waals surface area (Å²) in [5.41, 5.74) is -1.97. The number of nitrogens with zero attached hydrogens (tertiary/aromatic N) is 1. The molecule has 2 N–H and O–H groups in total. The van der Waals surface area contributed by atoms with Crippen molar-refractivity contribution in [3.63, 3.8) is 0 Å². The third kappa shape index (κ3) is 4.04. The standard InChI is InChI=1S/C16H13ClF3NO3/c17-10-3-4-13(23)11(7-10)14(24)12-6-9(2-1-5-22)8-21-15(12)16(18,19)20/h3-4,6-8,22-23H,1-2,5H2. The summed E-state index contributed by atoms with van der Waals surface area (Å²) in [6.07, 6.45) is -3.21. The SMILES string of the molecule is O=C(c1cc(Cl)ccc1O)c1cc(CCCO)cnc1C(F)(F)F. The zero-order chi connectivity index (χ0) is 17.9. The van der Waals surface area contributed by atoms with Crippen LogP contribution in [-0.2, 0) is 12.6 Å². The molecule has 0 saturated carbocycles. The molecule has 1 aromatic carbocycles. The molecule has 0 bridgehead atoms. The highest BCUT2D eigenvalue weighted by molar-refractivity contribution is 6.31. The quantitative estimate of drug-likeness (QED) is 0.800. The Kier molecular flexibility index (Phi) is 5.46. The van der Waals surface area contributed by atoms with Gasteiger partial charge in [-0.1, -0.05) is 11.6 Å². The molecule has 0 fully saturated rings. The number of aliphatic hydroxyl groups is 1. The minimum absolute atomic E-state index is 0.106. The van der Waals surface area contributed by atoms with Gasteiger partial charge in [-0.2, -0.15) is 13.2 Å². The Bertz CT molecular complexity index is 763. The number of hydrogen-bond acceptors (Lipinski definition) is 4. The number of carbonyl (C=O) groups is 1. The lowest BCUT2D eigenvalue weighted by Gasteiger charge is -2.13. The van der Waals surface area contributed by atoms with Gasteiger partial charge in [0.25, 0.3) is 0 Å². The van der Waals surface area contributed by atoms with E-state index in [1.165, 1.54) is 6.07 Å². The zero-order valence-electron chi connectivity index (χ0n) is 12.3. The second-order valence-electron chi connectivity index (χ2n) is 5.06. The largest absolute Gasteiger partial charge is 0.507 e. The monoisotopic (exact) mass is 359 g/mol. The topological polar surface area (TPSA) is 70.4 Å². The first kappa shape index (κ1) is 18.2. The third-order valence-corrected chi connectivity index (χ3v) is 3.52. The second-order valence-corrected chi connectivity index (χ2v) is 5.49. The van der Waals surface area contributed by atoms with Crippen LogP contribution in [0.15, 0.2) is 30.5 Å². The Morgan fingerprint density at radius 2 is 1.92 bits per heavy atom. The van der Waals surface area contributed by atoms with Crippen LogP contribution in [0.1, 0.15) is 33.6 Å². The van der Waals surface area contributed by atoms with Gasteiger partial charge < -0.3 is 10.2 Å². The minimum atomic E-state index is -4.82. The lowest BCUT2D eigenvalue weighted by Crippen LogP contribution is -2.17. The number of phenolic OH excluding ortho intramolecular Hbond substituents is 1. The van der Waals surface area contributed by atoms with Gasteiger partial charge in [-0.05, 0) is 42.7 Å². The lowest BCUT2D eigenvalue weighted by molar-refractivity contribution is -0.141. The molecular formula is C16H13ClF3NO3. The van der Waals surface area contributed by atoms with E-state index in [9.17, 15) is 23.1 Å². The van der Waals surface area contributed by atoms with Crippen molar-refractivity contribution < 1.29 is 28.2 Å². The number of alkyl halides is 3. The summed E-state index contributed by atoms with van der Waals surface area (Å²) in [5, 5.41) is 18.7. The van der Waals surface area contributed by atoms with Crippen molar-refractivity contribution in [3.8, 4) is 5.75 Å². The van der Waals surface area contributed by atoms with Crippen LogP contribution >= 0.6 is 11.6 Å². The van der Waals surface area contributed by atoms with E-state index in [0.717, 1.165) is 24.4 Å². The number of carbonyl (C=O) groups excluding carboxylic acids is 1. The van der Waals surface area contributed by atoms with Gasteiger partial charge in [-0.3, -0.25) is 9.78 Å². The summed E-state index contributed by atoms with van der Waals surface area (Å²) in [5.74, 6) is -1.50. The van der Waals surface area contributed by atoms with Gasteiger partial charge in [0.05, 0.1) is 11.1 Å². The Hall–Kier alpha value is -2.12. The van der Waals surface area contributed by atoms with E-state index in [-0.39, 0.29) is 23.6 Å². The maximum absolute atomic E-state index is 13.1. The molecule has 0 aliphatic rings. The average Bonchev–Trinajstić information content (AvgIpc) is 2.53. The van der Waals surface area contributed by atoms with Gasteiger partial charge in [-0.25, -0.2) is 0 Å². The summed E-state index contributed by atoms with van der Waals surface area (Å²) in [6.45, 7) is -0.140. The van der Waals surface area contributed by atoms with Crippen LogP contribution in [0.25, 0.3) is 0 Å². The summed E-state index contributed by atoms with van der Waals surface area (Å²) in [6, 6.07) is 4.62. The molecule has 1 aromatic heterocycles. The second kappa shape index (κ2) is 7.19. The minimum Gasteiger partial charge on any atom is -0.507 e. The molecule has 1 heterocycles. The molecule has 24 heavy (non-hydrogen) atoms. The molecule has 2 rings (SSSR count). The molecule has 0 aliphatic carbocycles. The van der Waals surface area contributed by atoms with E-state index < -0.39 is 29.0 Å². The number of halogens is 4. The van der Waals surface area contributed by atoms with Crippen molar-refractivity contribution >= 4 is 17.4 Å². The van der Waals surface area contributed by atoms with Gasteiger partial charge >= 0.3 is 6.18 Å². The Morgan fingerprint density at radius 1 is 1.21 bits per heavy atom. The number of ketones is 1. The third-order valence-electron chi connectivity index (χ3n) is 3.28. The van der Waals surface area contributed by atoms with Gasteiger partial charge in [0.15, 0.2) is 11.5 Å². The number of pyridine rings is 1. The van der Waals surface area contributed by atoms with Gasteiger partial charge in [-0.15, -0.1) is 0 Å². The van der Waals surface area contributed by atoms with E-state index in [0.29, 0.717) is 12.0 Å². The molecule has 8 heteroatoms. The van der Waals surface area contributed by atoms with Gasteiger partial charge in [0.2, 0.25) is 0 Å². The maximum Gasteiger partial charge on any atom is 0.434 e. The molecule has 0 spiro atoms.